The monoisotopic (exact) mass is 1150 g/mol. The van der Waals surface area contributed by atoms with Crippen LogP contribution in [0.3, 0.4) is 0 Å². The zero-order valence-corrected chi connectivity index (χ0v) is 41.6. The Morgan fingerprint density at radius 2 is 0.658 bits per heavy atom. The van der Waals surface area contributed by atoms with E-state index in [1.165, 1.54) is 118 Å². The van der Waals surface area contributed by atoms with E-state index >= 15 is 52.7 Å². The van der Waals surface area contributed by atoms with Crippen molar-refractivity contribution < 1.29 is 66.9 Å². The molecule has 378 valence electrons. The Balaban J connectivity index is 1.39. The fourth-order valence-electron chi connectivity index (χ4n) is 8.55. The first-order chi connectivity index (χ1) is 36.7. The second-order valence-electron chi connectivity index (χ2n) is 15.8. The van der Waals surface area contributed by atoms with Crippen LogP contribution in [-0.4, -0.2) is 68.4 Å². The molecule has 0 aliphatic carbocycles. The summed E-state index contributed by atoms with van der Waals surface area (Å²) in [6.45, 7) is -2.43. The van der Waals surface area contributed by atoms with Gasteiger partial charge in [0.05, 0.1) is 0 Å². The first-order valence-electron chi connectivity index (χ1n) is 21.8. The Kier molecular flexibility index (Phi) is 14.7. The van der Waals surface area contributed by atoms with E-state index in [2.05, 4.69) is 15.0 Å². The van der Waals surface area contributed by atoms with E-state index in [1.54, 1.807) is 0 Å². The molecule has 0 saturated heterocycles. The van der Waals surface area contributed by atoms with E-state index in [0.717, 1.165) is 0 Å². The predicted molar refractivity (Wildman–Crippen MR) is 258 cm³/mol. The van der Waals surface area contributed by atoms with Crippen LogP contribution in [0.2, 0.25) is 0 Å². The molecule has 0 bridgehead atoms. The van der Waals surface area contributed by atoms with Gasteiger partial charge in [-0.2, -0.15) is 0 Å². The molecule has 0 N–H and O–H groups in total. The van der Waals surface area contributed by atoms with Gasteiger partial charge in [0.1, 0.15) is 0 Å². The molecule has 9 rings (SSSR count). The Hall–Kier alpha value is -8.94. The number of ether oxygens (including phenoxy) is 3. The van der Waals surface area contributed by atoms with Gasteiger partial charge in [-0.15, -0.1) is 0 Å². The van der Waals surface area contributed by atoms with Crippen LogP contribution in [0.5, 0.6) is 17.2 Å². The summed E-state index contributed by atoms with van der Waals surface area (Å²) in [7, 11) is 0. The number of hydrogen-bond donors (Lipinski definition) is 0. The van der Waals surface area contributed by atoms with Crippen molar-refractivity contribution in [3.63, 3.8) is 0 Å². The van der Waals surface area contributed by atoms with Gasteiger partial charge < -0.3 is 0 Å². The van der Waals surface area contributed by atoms with Gasteiger partial charge in [0.25, 0.3) is 0 Å². The molecule has 0 unspecified atom stereocenters. The van der Waals surface area contributed by atoms with E-state index < -0.39 is 163 Å². The third-order valence-corrected chi connectivity index (χ3v) is 19.7. The van der Waals surface area contributed by atoms with Crippen molar-refractivity contribution in [3.8, 4) is 54.3 Å². The van der Waals surface area contributed by atoms with Gasteiger partial charge in [0.15, 0.2) is 0 Å². The van der Waals surface area contributed by atoms with Gasteiger partial charge in [-0.25, -0.2) is 0 Å². The summed E-state index contributed by atoms with van der Waals surface area (Å²) < 4.78 is 214. The number of hydrogen-bond acceptors (Lipinski definition) is 6. The molecule has 3 aromatic carbocycles. The zero-order valence-electron chi connectivity index (χ0n) is 38.3. The van der Waals surface area contributed by atoms with Crippen molar-refractivity contribution in [2.24, 2.45) is 15.0 Å². The summed E-state index contributed by atoms with van der Waals surface area (Å²) in [5.41, 5.74) is -7.71. The molecule has 0 amide bonds. The Morgan fingerprint density at radius 3 is 0.868 bits per heavy atom. The minimum absolute atomic E-state index is 0.301. The number of benzene rings is 3. The van der Waals surface area contributed by atoms with E-state index in [1.807, 2.05) is 17.8 Å². The summed E-state index contributed by atoms with van der Waals surface area (Å²) in [5.74, 6) is -22.6. The molecule has 3 aliphatic heterocycles. The average molecular weight is 1150 g/mol. The molecule has 9 nitrogen and oxygen atoms in total. The van der Waals surface area contributed by atoms with Crippen molar-refractivity contribution in [2.75, 3.05) is 19.8 Å². The van der Waals surface area contributed by atoms with Crippen LogP contribution < -0.4 is 14.2 Å². The molecule has 3 aliphatic rings. The molecule has 6 aromatic rings. The normalized spacial score (nSPS) is 15.1. The van der Waals surface area contributed by atoms with Gasteiger partial charge in [-0.05, 0) is 0 Å². The minimum atomic E-state index is -5.40. The Morgan fingerprint density at radius 1 is 0.408 bits per heavy atom. The van der Waals surface area contributed by atoms with Crippen LogP contribution in [0.25, 0.3) is 16.7 Å². The van der Waals surface area contributed by atoms with Crippen LogP contribution >= 0.6 is 0 Å². The molecule has 76 heavy (non-hydrogen) atoms. The Labute approximate surface area is 431 Å². The SMILES string of the molecule is C#CCOc1c(F)c(F)c(/C(=C2\C=CC=N2)c2ccc[n]2[In]([n]2cccc2/C(=C2/C=CC=N2)c2c(F)c(F)c(OCC#C)c(F)c2F)[n]2cccc2/C(=C2/C=CC=N2)c2c(F)c(F)c(OCC#C)c(F)c2F)c(F)c1F. The van der Waals surface area contributed by atoms with Crippen LogP contribution in [0.4, 0.5) is 52.7 Å². The molecule has 0 saturated carbocycles. The fourth-order valence-corrected chi connectivity index (χ4v) is 17.0. The molecule has 3 aromatic heterocycles. The summed E-state index contributed by atoms with van der Waals surface area (Å²) in [6.07, 6.45) is 30.6. The van der Waals surface area contributed by atoms with Gasteiger partial charge in [0.2, 0.25) is 0 Å². The second-order valence-corrected chi connectivity index (χ2v) is 22.5. The van der Waals surface area contributed by atoms with Gasteiger partial charge in [-0.3, -0.25) is 0 Å². The number of rotatable bonds is 15. The maximum absolute atomic E-state index is 16.7. The maximum atomic E-state index is 16.7. The van der Waals surface area contributed by atoms with E-state index in [4.69, 9.17) is 33.5 Å². The van der Waals surface area contributed by atoms with Gasteiger partial charge >= 0.3 is 433 Å². The number of aromatic nitrogens is 3. The van der Waals surface area contributed by atoms with Crippen LogP contribution in [0.15, 0.2) is 124 Å². The summed E-state index contributed by atoms with van der Waals surface area (Å²) in [6, 6.07) is 7.65. The van der Waals surface area contributed by atoms with Crippen molar-refractivity contribution in [3.05, 3.63) is 212 Å². The van der Waals surface area contributed by atoms with Crippen LogP contribution in [0, 0.1) is 107 Å². The Bertz CT molecular complexity index is 3350. The summed E-state index contributed by atoms with van der Waals surface area (Å²) >= 11 is -5.40. The molecule has 0 fully saturated rings. The van der Waals surface area contributed by atoms with E-state index in [0.29, 0.717) is 0 Å². The van der Waals surface area contributed by atoms with Crippen molar-refractivity contribution in [2.45, 2.75) is 0 Å². The average Bonchev–Trinajstić information content (AvgIpc) is 4.36. The summed E-state index contributed by atoms with van der Waals surface area (Å²) in [4.78, 5) is 12.6. The van der Waals surface area contributed by atoms with Crippen LogP contribution in [-0.2, 0) is 0 Å². The van der Waals surface area contributed by atoms with E-state index in [-0.39, 0.29) is 34.2 Å². The standard InChI is InChI=1S/3C18H9F4N2O.In/c3*1-2-9-25-18-16(21)14(19)13(15(20)17(18)22)12(10-5-3-7-23-10)11-6-4-8-24-11;/h3*1,3-8H,9H2;/q3*-1;+3/b3*12-10+;. The first kappa shape index (κ1) is 51.9. The predicted octanol–water partition coefficient (Wildman–Crippen LogP) is 10.9. The number of nitrogens with zero attached hydrogens (tertiary/aromatic N) is 6. The second kappa shape index (κ2) is 21.5. The van der Waals surface area contributed by atoms with Crippen molar-refractivity contribution in [1.82, 2.24) is 7.66 Å². The number of allylic oxidation sites excluding steroid dienone is 6. The third kappa shape index (κ3) is 8.81. The summed E-state index contributed by atoms with van der Waals surface area (Å²) in [5, 5.41) is 0. The molecule has 0 atom stereocenters. The third-order valence-electron chi connectivity index (χ3n) is 11.6. The van der Waals surface area contributed by atoms with Gasteiger partial charge in [0, 0.05) is 0 Å². The quantitative estimate of drug-likeness (QED) is 0.0584. The van der Waals surface area contributed by atoms with Gasteiger partial charge in [-0.1, -0.05) is 0 Å². The number of terminal acetylenes is 3. The zero-order chi connectivity index (χ0) is 54.1. The van der Waals surface area contributed by atoms with E-state index in [9.17, 15) is 0 Å². The number of aliphatic imine (C=N–C) groups is 3. The molecular formula is C54H27F12InN6O3. The topological polar surface area (TPSA) is 79.6 Å². The van der Waals surface area contributed by atoms with Crippen molar-refractivity contribution >= 4 is 57.7 Å². The molecule has 0 radical (unpaired) electrons. The molecular weight excluding hydrogens is 1120 g/mol. The molecule has 22 heteroatoms. The fraction of sp³-hybridized carbons (Fsp3) is 0.0556. The first-order valence-corrected chi connectivity index (χ1v) is 26.2. The molecule has 0 spiro atoms. The van der Waals surface area contributed by atoms with Crippen molar-refractivity contribution in [1.29, 1.82) is 0 Å². The van der Waals surface area contributed by atoms with Crippen LogP contribution in [0.1, 0.15) is 33.8 Å². The molecule has 6 heterocycles. The number of halogens is 12.